The predicted octanol–water partition coefficient (Wildman–Crippen LogP) is 6.22. The lowest BCUT2D eigenvalue weighted by Gasteiger charge is -2.27. The second kappa shape index (κ2) is 10.8. The highest BCUT2D eigenvalue weighted by Crippen LogP contribution is 2.29. The molecule has 0 bridgehead atoms. The van der Waals surface area contributed by atoms with Crippen molar-refractivity contribution in [2.24, 2.45) is 11.3 Å². The van der Waals surface area contributed by atoms with E-state index in [4.69, 9.17) is 9.47 Å². The minimum atomic E-state index is 0.196. The van der Waals surface area contributed by atoms with Gasteiger partial charge in [-0.25, -0.2) is 0 Å². The fourth-order valence-electron chi connectivity index (χ4n) is 4.63. The summed E-state index contributed by atoms with van der Waals surface area (Å²) in [6.07, 6.45) is 4.44. The Kier molecular flexibility index (Phi) is 8.06. The van der Waals surface area contributed by atoms with Crippen LogP contribution in [0, 0.1) is 11.3 Å². The zero-order chi connectivity index (χ0) is 24.0. The number of hydrogen-bond donors (Lipinski definition) is 1. The highest BCUT2D eigenvalue weighted by atomic mass is 16.5. The summed E-state index contributed by atoms with van der Waals surface area (Å²) in [6.45, 7) is 10.1. The molecule has 3 aromatic rings. The van der Waals surface area contributed by atoms with E-state index in [0.29, 0.717) is 36.9 Å². The van der Waals surface area contributed by atoms with Gasteiger partial charge in [0.2, 0.25) is 5.91 Å². The molecule has 0 spiro atoms. The van der Waals surface area contributed by atoms with Crippen molar-refractivity contribution in [1.29, 1.82) is 0 Å². The molecule has 5 heteroatoms. The van der Waals surface area contributed by atoms with Crippen LogP contribution in [-0.2, 0) is 17.8 Å². The lowest BCUT2D eigenvalue weighted by atomic mass is 9.84. The van der Waals surface area contributed by atoms with Gasteiger partial charge in [0.1, 0.15) is 0 Å². The molecular weight excluding hydrogens is 412 g/mol. The van der Waals surface area contributed by atoms with Gasteiger partial charge in [-0.15, -0.1) is 0 Å². The number of carbonyl (C=O) groups excluding carboxylic acids is 1. The maximum absolute atomic E-state index is 13.4. The topological polar surface area (TPSA) is 54.6 Å². The standard InChI is InChI=1S/C28H38N2O3/c1-20(17-28(2,3)4)15-27(31)30(19-21-11-12-25(32-5)26(16-21)33-6)14-13-22-18-29-24-10-8-7-9-23(22)24/h7-12,16,18,20,29H,13-15,17,19H2,1-6H3. The minimum Gasteiger partial charge on any atom is -0.493 e. The number of aromatic nitrogens is 1. The average Bonchev–Trinajstić information content (AvgIpc) is 3.18. The number of aromatic amines is 1. The van der Waals surface area contributed by atoms with Crippen LogP contribution in [0.2, 0.25) is 0 Å². The Labute approximate surface area is 198 Å². The van der Waals surface area contributed by atoms with Crippen LogP contribution in [0.3, 0.4) is 0 Å². The molecule has 1 heterocycles. The molecule has 1 N–H and O–H groups in total. The Bertz CT molecular complexity index is 1060. The molecule has 178 valence electrons. The smallest absolute Gasteiger partial charge is 0.223 e. The summed E-state index contributed by atoms with van der Waals surface area (Å²) in [5.74, 6) is 1.90. The average molecular weight is 451 g/mol. The van der Waals surface area contributed by atoms with Crippen molar-refractivity contribution in [3.05, 3.63) is 59.8 Å². The van der Waals surface area contributed by atoms with Crippen LogP contribution in [-0.4, -0.2) is 36.6 Å². The molecule has 0 aliphatic heterocycles. The summed E-state index contributed by atoms with van der Waals surface area (Å²) >= 11 is 0. The lowest BCUT2D eigenvalue weighted by Crippen LogP contribution is -2.34. The number of H-pyrrole nitrogens is 1. The van der Waals surface area contributed by atoms with Crippen molar-refractivity contribution in [1.82, 2.24) is 9.88 Å². The Balaban J connectivity index is 1.78. The number of amides is 1. The highest BCUT2D eigenvalue weighted by molar-refractivity contribution is 5.83. The van der Waals surface area contributed by atoms with Crippen LogP contribution in [0.25, 0.3) is 10.9 Å². The summed E-state index contributed by atoms with van der Waals surface area (Å²) < 4.78 is 10.8. The number of para-hydroxylation sites is 1. The van der Waals surface area contributed by atoms with Gasteiger partial charge in [-0.3, -0.25) is 4.79 Å². The minimum absolute atomic E-state index is 0.196. The van der Waals surface area contributed by atoms with Gasteiger partial charge in [-0.1, -0.05) is 52.0 Å². The first-order chi connectivity index (χ1) is 15.7. The Morgan fingerprint density at radius 3 is 2.48 bits per heavy atom. The Morgan fingerprint density at radius 2 is 1.79 bits per heavy atom. The lowest BCUT2D eigenvalue weighted by molar-refractivity contribution is -0.132. The summed E-state index contributed by atoms with van der Waals surface area (Å²) in [6, 6.07) is 14.2. The van der Waals surface area contributed by atoms with Crippen molar-refractivity contribution >= 4 is 16.8 Å². The first-order valence-electron chi connectivity index (χ1n) is 11.7. The van der Waals surface area contributed by atoms with Gasteiger partial charge in [0.15, 0.2) is 11.5 Å². The molecule has 0 aliphatic rings. The molecule has 0 fully saturated rings. The fraction of sp³-hybridized carbons (Fsp3) is 0.464. The van der Waals surface area contributed by atoms with E-state index in [1.807, 2.05) is 29.2 Å². The number of carbonyl (C=O) groups is 1. The van der Waals surface area contributed by atoms with E-state index in [1.165, 1.54) is 10.9 Å². The van der Waals surface area contributed by atoms with Gasteiger partial charge in [0.25, 0.3) is 0 Å². The summed E-state index contributed by atoms with van der Waals surface area (Å²) in [4.78, 5) is 18.7. The third-order valence-electron chi connectivity index (χ3n) is 5.98. The normalized spacial score (nSPS) is 12.5. The van der Waals surface area contributed by atoms with Gasteiger partial charge in [-0.05, 0) is 53.5 Å². The van der Waals surface area contributed by atoms with E-state index in [0.717, 1.165) is 23.9 Å². The summed E-state index contributed by atoms with van der Waals surface area (Å²) in [5.41, 5.74) is 3.60. The molecule has 0 saturated carbocycles. The molecule has 1 atom stereocenters. The summed E-state index contributed by atoms with van der Waals surface area (Å²) in [5, 5.41) is 1.22. The molecule has 1 unspecified atom stereocenters. The van der Waals surface area contributed by atoms with E-state index in [-0.39, 0.29) is 11.3 Å². The van der Waals surface area contributed by atoms with Crippen molar-refractivity contribution in [2.45, 2.75) is 53.5 Å². The monoisotopic (exact) mass is 450 g/mol. The highest BCUT2D eigenvalue weighted by Gasteiger charge is 2.22. The van der Waals surface area contributed by atoms with Crippen LogP contribution in [0.1, 0.15) is 51.7 Å². The molecule has 3 rings (SSSR count). The number of hydrogen-bond acceptors (Lipinski definition) is 3. The Morgan fingerprint density at radius 1 is 1.06 bits per heavy atom. The number of nitrogens with one attached hydrogen (secondary N) is 1. The largest absolute Gasteiger partial charge is 0.493 e. The maximum Gasteiger partial charge on any atom is 0.223 e. The molecule has 33 heavy (non-hydrogen) atoms. The number of rotatable bonds is 10. The van der Waals surface area contributed by atoms with Crippen LogP contribution in [0.15, 0.2) is 48.7 Å². The van der Waals surface area contributed by atoms with Crippen LogP contribution >= 0.6 is 0 Å². The van der Waals surface area contributed by atoms with Gasteiger partial charge in [0, 0.05) is 36.6 Å². The molecule has 5 nitrogen and oxygen atoms in total. The van der Waals surface area contributed by atoms with Crippen LogP contribution < -0.4 is 9.47 Å². The predicted molar refractivity (Wildman–Crippen MR) is 135 cm³/mol. The number of ether oxygens (including phenoxy) is 2. The van der Waals surface area contributed by atoms with Crippen LogP contribution in [0.4, 0.5) is 0 Å². The molecule has 0 saturated heterocycles. The molecular formula is C28H38N2O3. The molecule has 1 aromatic heterocycles. The van der Waals surface area contributed by atoms with Gasteiger partial charge in [-0.2, -0.15) is 0 Å². The third kappa shape index (κ3) is 6.77. The molecule has 0 aliphatic carbocycles. The van der Waals surface area contributed by atoms with Gasteiger partial charge in [0.05, 0.1) is 14.2 Å². The zero-order valence-electron chi connectivity index (χ0n) is 20.9. The third-order valence-corrected chi connectivity index (χ3v) is 5.98. The van der Waals surface area contributed by atoms with Gasteiger partial charge < -0.3 is 19.4 Å². The molecule has 2 aromatic carbocycles. The molecule has 1 amide bonds. The fourth-order valence-corrected chi connectivity index (χ4v) is 4.63. The zero-order valence-corrected chi connectivity index (χ0v) is 20.9. The van der Waals surface area contributed by atoms with E-state index in [9.17, 15) is 4.79 Å². The number of benzene rings is 2. The molecule has 0 radical (unpaired) electrons. The second-order valence-electron chi connectivity index (χ2n) is 10.2. The summed E-state index contributed by atoms with van der Waals surface area (Å²) in [7, 11) is 3.26. The second-order valence-corrected chi connectivity index (χ2v) is 10.2. The van der Waals surface area contributed by atoms with Gasteiger partial charge >= 0.3 is 0 Å². The SMILES string of the molecule is COc1ccc(CN(CCc2c[nH]c3ccccc23)C(=O)CC(C)CC(C)(C)C)cc1OC. The van der Waals surface area contributed by atoms with E-state index in [2.05, 4.69) is 57.1 Å². The number of nitrogens with zero attached hydrogens (tertiary/aromatic N) is 1. The first kappa shape index (κ1) is 24.7. The van der Waals surface area contributed by atoms with Crippen LogP contribution in [0.5, 0.6) is 11.5 Å². The van der Waals surface area contributed by atoms with E-state index < -0.39 is 0 Å². The van der Waals surface area contributed by atoms with Crippen molar-refractivity contribution in [3.8, 4) is 11.5 Å². The number of fused-ring (bicyclic) bond motifs is 1. The van der Waals surface area contributed by atoms with Crippen molar-refractivity contribution in [3.63, 3.8) is 0 Å². The maximum atomic E-state index is 13.4. The van der Waals surface area contributed by atoms with E-state index in [1.54, 1.807) is 14.2 Å². The van der Waals surface area contributed by atoms with Crippen molar-refractivity contribution < 1.29 is 14.3 Å². The quantitative estimate of drug-likeness (QED) is 0.399. The Hall–Kier alpha value is -2.95. The first-order valence-corrected chi connectivity index (χ1v) is 11.7. The number of methoxy groups -OCH3 is 2. The van der Waals surface area contributed by atoms with E-state index >= 15 is 0 Å². The van der Waals surface area contributed by atoms with Crippen molar-refractivity contribution in [2.75, 3.05) is 20.8 Å².